The highest BCUT2D eigenvalue weighted by Crippen LogP contribution is 2.30. The van der Waals surface area contributed by atoms with Crippen molar-refractivity contribution in [3.63, 3.8) is 0 Å². The molecule has 1 aliphatic rings. The zero-order valence-electron chi connectivity index (χ0n) is 8.03. The second-order valence-corrected chi connectivity index (χ2v) is 3.61. The van der Waals surface area contributed by atoms with E-state index in [9.17, 15) is 0 Å². The minimum Gasteiger partial charge on any atom is -0.379 e. The molecule has 0 aromatic carbocycles. The van der Waals surface area contributed by atoms with Gasteiger partial charge in [-0.05, 0) is 25.0 Å². The van der Waals surface area contributed by atoms with E-state index in [1.165, 1.54) is 0 Å². The maximum Gasteiger partial charge on any atom is 0.126 e. The topological polar surface area (TPSA) is 58.8 Å². The Kier molecular flexibility index (Phi) is 2.18. The molecule has 4 heteroatoms. The third-order valence-corrected chi connectivity index (χ3v) is 2.52. The van der Waals surface area contributed by atoms with Crippen molar-refractivity contribution >= 4 is 0 Å². The number of aromatic nitrogens is 2. The van der Waals surface area contributed by atoms with Gasteiger partial charge in [0, 0.05) is 6.61 Å². The fraction of sp³-hybridized carbons (Fsp3) is 0.500. The monoisotopic (exact) mass is 189 g/mol. The first kappa shape index (κ1) is 9.10. The van der Waals surface area contributed by atoms with E-state index in [0.717, 1.165) is 11.3 Å². The zero-order valence-corrected chi connectivity index (χ0v) is 8.03. The van der Waals surface area contributed by atoms with Gasteiger partial charge in [0.25, 0.3) is 0 Å². The van der Waals surface area contributed by atoms with Crippen LogP contribution in [0.5, 0.6) is 0 Å². The smallest absolute Gasteiger partial charge is 0.126 e. The summed E-state index contributed by atoms with van der Waals surface area (Å²) in [6.45, 7) is 3.00. The fourth-order valence-corrected chi connectivity index (χ4v) is 1.61. The normalized spacial score (nSPS) is 26.0. The van der Waals surface area contributed by atoms with Crippen molar-refractivity contribution in [1.29, 1.82) is 5.26 Å². The number of hydrogen-bond donors (Lipinski definition) is 0. The molecule has 4 nitrogen and oxygen atoms in total. The molecule has 1 aliphatic heterocycles. The van der Waals surface area contributed by atoms with Gasteiger partial charge in [0.05, 0.1) is 24.6 Å². The highest BCUT2D eigenvalue weighted by molar-refractivity contribution is 5.29. The summed E-state index contributed by atoms with van der Waals surface area (Å²) in [5, 5.41) is 17.0. The van der Waals surface area contributed by atoms with Gasteiger partial charge in [-0.3, -0.25) is 0 Å². The van der Waals surface area contributed by atoms with Crippen molar-refractivity contribution in [2.75, 3.05) is 13.2 Å². The Morgan fingerprint density at radius 3 is 3.07 bits per heavy atom. The Morgan fingerprint density at radius 2 is 2.50 bits per heavy atom. The molecule has 1 aromatic rings. The maximum absolute atomic E-state index is 9.16. The average Bonchev–Trinajstić information content (AvgIpc) is 2.67. The summed E-state index contributed by atoms with van der Waals surface area (Å²) in [4.78, 5) is 0. The van der Waals surface area contributed by atoms with Crippen LogP contribution in [0.1, 0.15) is 17.7 Å². The van der Waals surface area contributed by atoms with E-state index >= 15 is 0 Å². The highest BCUT2D eigenvalue weighted by Gasteiger charge is 2.38. The fourth-order valence-electron chi connectivity index (χ4n) is 1.61. The molecular formula is C10H11N3O. The van der Waals surface area contributed by atoms with Crippen LogP contribution in [0.2, 0.25) is 0 Å². The lowest BCUT2D eigenvalue weighted by molar-refractivity contribution is 0.185. The van der Waals surface area contributed by atoms with E-state index in [1.54, 1.807) is 6.20 Å². The molecule has 0 amide bonds. The molecule has 1 aromatic heterocycles. The quantitative estimate of drug-likeness (QED) is 0.660. The molecule has 2 rings (SSSR count). The lowest BCUT2D eigenvalue weighted by Gasteiger charge is -2.16. The molecule has 0 radical (unpaired) electrons. The van der Waals surface area contributed by atoms with Gasteiger partial charge in [-0.1, -0.05) is 0 Å². The Balaban J connectivity index is 2.42. The minimum atomic E-state index is -0.570. The lowest BCUT2D eigenvalue weighted by atomic mass is 9.85. The Hall–Kier alpha value is -1.47. The molecule has 1 saturated heterocycles. The Bertz CT molecular complexity index is 377. The molecule has 72 valence electrons. The summed E-state index contributed by atoms with van der Waals surface area (Å²) in [5.41, 5.74) is 1.19. The molecular weight excluding hydrogens is 178 g/mol. The summed E-state index contributed by atoms with van der Waals surface area (Å²) in [6, 6.07) is 4.20. The summed E-state index contributed by atoms with van der Waals surface area (Å²) in [5.74, 6) is 0. The summed E-state index contributed by atoms with van der Waals surface area (Å²) in [6.07, 6.45) is 2.39. The SMILES string of the molecule is Cc1cnnc(C2(C#N)CCOC2)c1. The predicted octanol–water partition coefficient (Wildman–Crippen LogP) is 0.967. The van der Waals surface area contributed by atoms with Crippen LogP contribution >= 0.6 is 0 Å². The predicted molar refractivity (Wildman–Crippen MR) is 49.5 cm³/mol. The van der Waals surface area contributed by atoms with E-state index in [0.29, 0.717) is 19.6 Å². The van der Waals surface area contributed by atoms with Crippen molar-refractivity contribution in [2.24, 2.45) is 0 Å². The van der Waals surface area contributed by atoms with Gasteiger partial charge in [0.1, 0.15) is 5.41 Å². The molecule has 14 heavy (non-hydrogen) atoms. The molecule has 0 bridgehead atoms. The van der Waals surface area contributed by atoms with E-state index in [1.807, 2.05) is 13.0 Å². The van der Waals surface area contributed by atoms with Crippen LogP contribution in [-0.2, 0) is 10.2 Å². The Morgan fingerprint density at radius 1 is 1.64 bits per heavy atom. The molecule has 0 spiro atoms. The molecule has 0 N–H and O–H groups in total. The van der Waals surface area contributed by atoms with E-state index < -0.39 is 5.41 Å². The zero-order chi connectivity index (χ0) is 10.0. The third kappa shape index (κ3) is 1.36. The van der Waals surface area contributed by atoms with Gasteiger partial charge in [-0.2, -0.15) is 15.5 Å². The highest BCUT2D eigenvalue weighted by atomic mass is 16.5. The number of rotatable bonds is 1. The van der Waals surface area contributed by atoms with E-state index in [4.69, 9.17) is 10.00 Å². The molecule has 2 heterocycles. The molecule has 1 unspecified atom stereocenters. The maximum atomic E-state index is 9.16. The van der Waals surface area contributed by atoms with Crippen LogP contribution in [0.3, 0.4) is 0 Å². The van der Waals surface area contributed by atoms with Crippen LogP contribution in [-0.4, -0.2) is 23.4 Å². The van der Waals surface area contributed by atoms with Gasteiger partial charge in [0.2, 0.25) is 0 Å². The van der Waals surface area contributed by atoms with Crippen LogP contribution in [0.15, 0.2) is 12.3 Å². The first-order chi connectivity index (χ1) is 6.77. The van der Waals surface area contributed by atoms with Gasteiger partial charge < -0.3 is 4.74 Å². The van der Waals surface area contributed by atoms with Crippen LogP contribution in [0, 0.1) is 18.3 Å². The third-order valence-electron chi connectivity index (χ3n) is 2.52. The summed E-state index contributed by atoms with van der Waals surface area (Å²) in [7, 11) is 0. The van der Waals surface area contributed by atoms with Crippen LogP contribution < -0.4 is 0 Å². The number of hydrogen-bond acceptors (Lipinski definition) is 4. The van der Waals surface area contributed by atoms with E-state index in [-0.39, 0.29) is 0 Å². The number of aryl methyl sites for hydroxylation is 1. The van der Waals surface area contributed by atoms with Gasteiger partial charge in [-0.25, -0.2) is 0 Å². The average molecular weight is 189 g/mol. The molecule has 0 saturated carbocycles. The second kappa shape index (κ2) is 3.35. The first-order valence-electron chi connectivity index (χ1n) is 4.56. The van der Waals surface area contributed by atoms with Crippen LogP contribution in [0.4, 0.5) is 0 Å². The van der Waals surface area contributed by atoms with Crippen molar-refractivity contribution < 1.29 is 4.74 Å². The standard InChI is InChI=1S/C10H11N3O/c1-8-4-9(13-12-5-8)10(6-11)2-3-14-7-10/h4-5H,2-3,7H2,1H3. The first-order valence-corrected chi connectivity index (χ1v) is 4.56. The van der Waals surface area contributed by atoms with Crippen molar-refractivity contribution in [2.45, 2.75) is 18.8 Å². The second-order valence-electron chi connectivity index (χ2n) is 3.61. The summed E-state index contributed by atoms with van der Waals surface area (Å²) >= 11 is 0. The largest absolute Gasteiger partial charge is 0.379 e. The summed E-state index contributed by atoms with van der Waals surface area (Å²) < 4.78 is 5.26. The molecule has 1 atom stereocenters. The number of nitrogens with zero attached hydrogens (tertiary/aromatic N) is 3. The number of ether oxygens (including phenoxy) is 1. The van der Waals surface area contributed by atoms with Gasteiger partial charge in [0.15, 0.2) is 0 Å². The van der Waals surface area contributed by atoms with Crippen LogP contribution in [0.25, 0.3) is 0 Å². The van der Waals surface area contributed by atoms with E-state index in [2.05, 4.69) is 16.3 Å². The van der Waals surface area contributed by atoms with Gasteiger partial charge >= 0.3 is 0 Å². The molecule has 0 aliphatic carbocycles. The Labute approximate surface area is 82.5 Å². The lowest BCUT2D eigenvalue weighted by Crippen LogP contribution is -2.26. The van der Waals surface area contributed by atoms with Crippen molar-refractivity contribution in [3.05, 3.63) is 23.5 Å². The minimum absolute atomic E-state index is 0.432. The molecule has 1 fully saturated rings. The van der Waals surface area contributed by atoms with Gasteiger partial charge in [-0.15, -0.1) is 0 Å². The van der Waals surface area contributed by atoms with Crippen molar-refractivity contribution in [3.8, 4) is 6.07 Å². The van der Waals surface area contributed by atoms with Crippen molar-refractivity contribution in [1.82, 2.24) is 10.2 Å². The number of nitriles is 1.